The highest BCUT2D eigenvalue weighted by molar-refractivity contribution is 7.89. The SMILES string of the molecule is C#CCOCC1CCN(S(=O)(=O)c2ccc(Cl)cc2)CC1. The maximum atomic E-state index is 12.5. The number of halogens is 1. The first-order chi connectivity index (χ1) is 10.0. The Morgan fingerprint density at radius 3 is 2.48 bits per heavy atom. The van der Waals surface area contributed by atoms with Gasteiger partial charge < -0.3 is 4.74 Å². The van der Waals surface area contributed by atoms with Gasteiger partial charge in [-0.15, -0.1) is 6.42 Å². The molecule has 1 aliphatic heterocycles. The molecule has 0 saturated carbocycles. The highest BCUT2D eigenvalue weighted by atomic mass is 35.5. The molecule has 0 unspecified atom stereocenters. The number of ether oxygens (including phenoxy) is 1. The van der Waals surface area contributed by atoms with E-state index >= 15 is 0 Å². The zero-order chi connectivity index (χ0) is 15.3. The summed E-state index contributed by atoms with van der Waals surface area (Å²) in [6.45, 7) is 1.92. The lowest BCUT2D eigenvalue weighted by Gasteiger charge is -2.30. The Hall–Kier alpha value is -1.06. The first kappa shape index (κ1) is 16.3. The predicted molar refractivity (Wildman–Crippen MR) is 82.6 cm³/mol. The Morgan fingerprint density at radius 2 is 1.90 bits per heavy atom. The number of piperidine rings is 1. The summed E-state index contributed by atoms with van der Waals surface area (Å²) in [7, 11) is -3.43. The topological polar surface area (TPSA) is 46.6 Å². The van der Waals surface area contributed by atoms with Gasteiger partial charge in [-0.25, -0.2) is 8.42 Å². The first-order valence-corrected chi connectivity index (χ1v) is 8.63. The number of terminal acetylenes is 1. The first-order valence-electron chi connectivity index (χ1n) is 6.81. The fourth-order valence-corrected chi connectivity index (χ4v) is 3.95. The molecule has 114 valence electrons. The zero-order valence-electron chi connectivity index (χ0n) is 11.7. The van der Waals surface area contributed by atoms with Crippen LogP contribution in [0.4, 0.5) is 0 Å². The average Bonchev–Trinajstić information content (AvgIpc) is 2.48. The molecule has 1 aliphatic rings. The predicted octanol–water partition coefficient (Wildman–Crippen LogP) is 2.39. The monoisotopic (exact) mass is 327 g/mol. The third-order valence-electron chi connectivity index (χ3n) is 3.56. The van der Waals surface area contributed by atoms with Gasteiger partial charge in [-0.2, -0.15) is 4.31 Å². The Balaban J connectivity index is 1.95. The molecule has 1 aromatic carbocycles. The lowest BCUT2D eigenvalue weighted by atomic mass is 9.99. The second-order valence-corrected chi connectivity index (χ2v) is 7.40. The fraction of sp³-hybridized carbons (Fsp3) is 0.467. The van der Waals surface area contributed by atoms with E-state index in [-0.39, 0.29) is 4.90 Å². The van der Waals surface area contributed by atoms with E-state index in [4.69, 9.17) is 22.8 Å². The van der Waals surface area contributed by atoms with E-state index in [9.17, 15) is 8.42 Å². The van der Waals surface area contributed by atoms with Crippen LogP contribution >= 0.6 is 11.6 Å². The quantitative estimate of drug-likeness (QED) is 0.616. The van der Waals surface area contributed by atoms with E-state index in [0.717, 1.165) is 12.8 Å². The lowest BCUT2D eigenvalue weighted by Crippen LogP contribution is -2.39. The number of hydrogen-bond acceptors (Lipinski definition) is 3. The molecule has 2 rings (SSSR count). The normalized spacial score (nSPS) is 17.5. The maximum Gasteiger partial charge on any atom is 0.243 e. The Labute approximate surface area is 131 Å². The van der Waals surface area contributed by atoms with E-state index in [2.05, 4.69) is 5.92 Å². The van der Waals surface area contributed by atoms with Gasteiger partial charge in [-0.1, -0.05) is 17.5 Å². The van der Waals surface area contributed by atoms with E-state index in [1.165, 1.54) is 4.31 Å². The fourth-order valence-electron chi connectivity index (χ4n) is 2.36. The standard InChI is InChI=1S/C15H18ClNO3S/c1-2-11-20-12-13-7-9-17(10-8-13)21(18,19)15-5-3-14(16)4-6-15/h1,3-6,13H,7-12H2. The minimum absolute atomic E-state index is 0.286. The summed E-state index contributed by atoms with van der Waals surface area (Å²) in [6.07, 6.45) is 6.70. The number of hydrogen-bond donors (Lipinski definition) is 0. The van der Waals surface area contributed by atoms with Crippen molar-refractivity contribution in [3.63, 3.8) is 0 Å². The van der Waals surface area contributed by atoms with Crippen molar-refractivity contribution < 1.29 is 13.2 Å². The molecule has 1 saturated heterocycles. The van der Waals surface area contributed by atoms with Crippen molar-refractivity contribution in [2.75, 3.05) is 26.3 Å². The third kappa shape index (κ3) is 4.21. The number of rotatable bonds is 5. The van der Waals surface area contributed by atoms with Crippen LogP contribution in [0.1, 0.15) is 12.8 Å². The molecule has 6 heteroatoms. The van der Waals surface area contributed by atoms with Crippen molar-refractivity contribution in [3.8, 4) is 12.3 Å². The molecule has 21 heavy (non-hydrogen) atoms. The van der Waals surface area contributed by atoms with Crippen molar-refractivity contribution in [1.82, 2.24) is 4.31 Å². The highest BCUT2D eigenvalue weighted by Gasteiger charge is 2.29. The van der Waals surface area contributed by atoms with Crippen LogP contribution < -0.4 is 0 Å². The van der Waals surface area contributed by atoms with E-state index in [1.807, 2.05) is 0 Å². The second kappa shape index (κ2) is 7.28. The molecular formula is C15H18ClNO3S. The second-order valence-electron chi connectivity index (χ2n) is 5.02. The van der Waals surface area contributed by atoms with Crippen molar-refractivity contribution >= 4 is 21.6 Å². The summed E-state index contributed by atoms with van der Waals surface area (Å²) in [6, 6.07) is 6.27. The molecule has 0 radical (unpaired) electrons. The molecule has 0 amide bonds. The number of benzene rings is 1. The molecule has 0 bridgehead atoms. The Bertz CT molecular complexity index is 599. The van der Waals surface area contributed by atoms with Gasteiger partial charge in [0, 0.05) is 18.1 Å². The van der Waals surface area contributed by atoms with Crippen molar-refractivity contribution in [2.45, 2.75) is 17.7 Å². The smallest absolute Gasteiger partial charge is 0.243 e. The maximum absolute atomic E-state index is 12.5. The molecule has 0 aliphatic carbocycles. The molecule has 4 nitrogen and oxygen atoms in total. The van der Waals surface area contributed by atoms with Crippen LogP contribution in [0.3, 0.4) is 0 Å². The average molecular weight is 328 g/mol. The summed E-state index contributed by atoms with van der Waals surface area (Å²) in [5.74, 6) is 2.80. The highest BCUT2D eigenvalue weighted by Crippen LogP contribution is 2.24. The van der Waals surface area contributed by atoms with Gasteiger partial charge in [0.25, 0.3) is 0 Å². The molecule has 0 atom stereocenters. The van der Waals surface area contributed by atoms with Crippen LogP contribution in [-0.2, 0) is 14.8 Å². The molecule has 0 aromatic heterocycles. The van der Waals surface area contributed by atoms with Gasteiger partial charge >= 0.3 is 0 Å². The minimum Gasteiger partial charge on any atom is -0.369 e. The zero-order valence-corrected chi connectivity index (χ0v) is 13.2. The van der Waals surface area contributed by atoms with Crippen molar-refractivity contribution in [1.29, 1.82) is 0 Å². The third-order valence-corrected chi connectivity index (χ3v) is 5.73. The van der Waals surface area contributed by atoms with Crippen LogP contribution in [0.15, 0.2) is 29.2 Å². The van der Waals surface area contributed by atoms with Gasteiger partial charge in [-0.05, 0) is 43.0 Å². The summed E-state index contributed by atoms with van der Waals surface area (Å²) in [4.78, 5) is 0.286. The summed E-state index contributed by atoms with van der Waals surface area (Å²) in [5, 5.41) is 0.526. The molecule has 1 heterocycles. The van der Waals surface area contributed by atoms with Crippen LogP contribution in [0.5, 0.6) is 0 Å². The van der Waals surface area contributed by atoms with Gasteiger partial charge in [0.15, 0.2) is 0 Å². The molecule has 1 aromatic rings. The van der Waals surface area contributed by atoms with Crippen LogP contribution in [0, 0.1) is 18.3 Å². The summed E-state index contributed by atoms with van der Waals surface area (Å²) in [5.41, 5.74) is 0. The van der Waals surface area contributed by atoms with Gasteiger partial charge in [-0.3, -0.25) is 0 Å². The largest absolute Gasteiger partial charge is 0.369 e. The van der Waals surface area contributed by atoms with Gasteiger partial charge in [0.1, 0.15) is 6.61 Å². The van der Waals surface area contributed by atoms with Gasteiger partial charge in [0.2, 0.25) is 10.0 Å². The molecule has 0 N–H and O–H groups in total. The molecule has 1 fully saturated rings. The van der Waals surface area contributed by atoms with E-state index < -0.39 is 10.0 Å². The van der Waals surface area contributed by atoms with Gasteiger partial charge in [0.05, 0.1) is 11.5 Å². The molecule has 0 spiro atoms. The summed E-state index contributed by atoms with van der Waals surface area (Å²) < 4.78 is 31.8. The lowest BCUT2D eigenvalue weighted by molar-refractivity contribution is 0.101. The number of sulfonamides is 1. The molecular weight excluding hydrogens is 310 g/mol. The number of nitrogens with zero attached hydrogens (tertiary/aromatic N) is 1. The van der Waals surface area contributed by atoms with E-state index in [1.54, 1.807) is 24.3 Å². The Kier molecular flexibility index (Phi) is 5.65. The minimum atomic E-state index is -3.43. The van der Waals surface area contributed by atoms with Crippen LogP contribution in [0.2, 0.25) is 5.02 Å². The summed E-state index contributed by atoms with van der Waals surface area (Å²) >= 11 is 5.79. The van der Waals surface area contributed by atoms with Crippen molar-refractivity contribution in [3.05, 3.63) is 29.3 Å². The van der Waals surface area contributed by atoms with Crippen LogP contribution in [-0.4, -0.2) is 39.0 Å². The van der Waals surface area contributed by atoms with Crippen molar-refractivity contribution in [2.24, 2.45) is 5.92 Å². The Morgan fingerprint density at radius 1 is 1.29 bits per heavy atom. The van der Waals surface area contributed by atoms with E-state index in [0.29, 0.717) is 37.2 Å². The van der Waals surface area contributed by atoms with Crippen LogP contribution in [0.25, 0.3) is 0 Å².